The van der Waals surface area contributed by atoms with Crippen LogP contribution in [-0.4, -0.2) is 0 Å². The van der Waals surface area contributed by atoms with Crippen LogP contribution in [0.2, 0.25) is 0 Å². The lowest BCUT2D eigenvalue weighted by molar-refractivity contribution is 0.656. The lowest BCUT2D eigenvalue weighted by atomic mass is 9.91. The van der Waals surface area contributed by atoms with E-state index in [9.17, 15) is 0 Å². The maximum Gasteiger partial charge on any atom is 0.143 e. The molecule has 0 saturated heterocycles. The summed E-state index contributed by atoms with van der Waals surface area (Å²) < 4.78 is 89.9. The molecule has 0 aliphatic carbocycles. The first kappa shape index (κ1) is 11.5. The van der Waals surface area contributed by atoms with Crippen LogP contribution < -0.4 is 0 Å². The van der Waals surface area contributed by atoms with Crippen molar-refractivity contribution in [1.82, 2.24) is 0 Å². The highest BCUT2D eigenvalue weighted by Crippen LogP contribution is 2.43. The zero-order chi connectivity index (χ0) is 30.1. The average Bonchev–Trinajstić information content (AvgIpc) is 3.56. The van der Waals surface area contributed by atoms with Crippen LogP contribution >= 0.6 is 0 Å². The van der Waals surface area contributed by atoms with Gasteiger partial charge >= 0.3 is 0 Å². The van der Waals surface area contributed by atoms with Gasteiger partial charge in [-0.05, 0) is 39.7 Å². The normalized spacial score (nSPS) is 15.8. The molecule has 2 heterocycles. The summed E-state index contributed by atoms with van der Waals surface area (Å²) in [6.45, 7) is 0. The van der Waals surface area contributed by atoms with Crippen molar-refractivity contribution in [3.8, 4) is 11.1 Å². The second-order valence-corrected chi connectivity index (χ2v) is 8.23. The Hall–Kier alpha value is -4.56. The Morgan fingerprint density at radius 3 is 2.03 bits per heavy atom. The third-order valence-electron chi connectivity index (χ3n) is 6.39. The van der Waals surface area contributed by atoms with Crippen molar-refractivity contribution < 1.29 is 21.2 Å². The average molecular weight is 444 g/mol. The summed E-state index contributed by atoms with van der Waals surface area (Å²) in [6.07, 6.45) is 0. The number of hydrogen-bond donors (Lipinski definition) is 0. The van der Waals surface area contributed by atoms with Crippen LogP contribution in [0, 0.1) is 0 Å². The van der Waals surface area contributed by atoms with Crippen molar-refractivity contribution in [3.05, 3.63) is 109 Å². The second kappa shape index (κ2) is 6.49. The number of rotatable bonds is 1. The Balaban J connectivity index is 1.61. The van der Waals surface area contributed by atoms with Gasteiger partial charge in [-0.25, -0.2) is 0 Å². The highest BCUT2D eigenvalue weighted by atomic mass is 16.3. The van der Waals surface area contributed by atoms with E-state index >= 15 is 0 Å². The van der Waals surface area contributed by atoms with Crippen LogP contribution in [0.3, 0.4) is 0 Å². The molecular weight excluding hydrogens is 416 g/mol. The Bertz CT molecular complexity index is 2480. The predicted octanol–water partition coefficient (Wildman–Crippen LogP) is 9.46. The van der Waals surface area contributed by atoms with Crippen LogP contribution in [0.4, 0.5) is 0 Å². The molecule has 0 spiro atoms. The maximum absolute atomic E-state index is 8.95. The van der Waals surface area contributed by atoms with E-state index in [-0.39, 0.29) is 27.1 Å². The van der Waals surface area contributed by atoms with Gasteiger partial charge in [0.05, 0.1) is 12.3 Å². The molecule has 0 amide bonds. The summed E-state index contributed by atoms with van der Waals surface area (Å²) in [6, 6.07) is 12.6. The Morgan fingerprint density at radius 1 is 0.529 bits per heavy atom. The molecule has 0 bridgehead atoms. The van der Waals surface area contributed by atoms with E-state index in [0.29, 0.717) is 27.7 Å². The van der Waals surface area contributed by atoms with Crippen LogP contribution in [0.5, 0.6) is 0 Å². The number of hydrogen-bond acceptors (Lipinski definition) is 2. The molecule has 34 heavy (non-hydrogen) atoms. The molecule has 2 aromatic heterocycles. The number of furan rings is 2. The van der Waals surface area contributed by atoms with Crippen molar-refractivity contribution >= 4 is 65.4 Å². The largest absolute Gasteiger partial charge is 0.456 e. The molecule has 0 unspecified atom stereocenters. The van der Waals surface area contributed by atoms with E-state index in [1.54, 1.807) is 18.2 Å². The SMILES string of the molecule is [2H]c1c([2H])c([2H])c2c(-c3cccc4c3oc3cc5oc6ccccc6c5cc34)c3c([2H])c([2H])c([2H])c([2H])c3c([2H])c2c1[2H]. The zero-order valence-corrected chi connectivity index (χ0v) is 17.5. The van der Waals surface area contributed by atoms with Gasteiger partial charge in [0.2, 0.25) is 0 Å². The van der Waals surface area contributed by atoms with Gasteiger partial charge in [-0.1, -0.05) is 84.7 Å². The van der Waals surface area contributed by atoms with Crippen molar-refractivity contribution in [1.29, 1.82) is 0 Å². The first-order chi connectivity index (χ1) is 20.6. The van der Waals surface area contributed by atoms with Crippen LogP contribution in [0.15, 0.2) is 118 Å². The molecule has 0 radical (unpaired) electrons. The smallest absolute Gasteiger partial charge is 0.143 e. The summed E-state index contributed by atoms with van der Waals surface area (Å²) in [5, 5.41) is 3.05. The fourth-order valence-corrected chi connectivity index (χ4v) is 4.92. The quantitative estimate of drug-likeness (QED) is 0.236. The molecule has 0 saturated carbocycles. The summed E-state index contributed by atoms with van der Waals surface area (Å²) in [5.41, 5.74) is 2.79. The van der Waals surface area contributed by atoms with Gasteiger partial charge in [0.25, 0.3) is 0 Å². The van der Waals surface area contributed by atoms with Gasteiger partial charge in [-0.2, -0.15) is 0 Å². The zero-order valence-electron chi connectivity index (χ0n) is 26.5. The van der Waals surface area contributed by atoms with Crippen molar-refractivity contribution in [2.24, 2.45) is 0 Å². The Morgan fingerprint density at radius 2 is 1.21 bits per heavy atom. The van der Waals surface area contributed by atoms with Crippen molar-refractivity contribution in [2.75, 3.05) is 0 Å². The van der Waals surface area contributed by atoms with Crippen molar-refractivity contribution in [2.45, 2.75) is 0 Å². The monoisotopic (exact) mass is 443 g/mol. The van der Waals surface area contributed by atoms with Gasteiger partial charge in [0.1, 0.15) is 22.3 Å². The van der Waals surface area contributed by atoms with Crippen molar-refractivity contribution in [3.63, 3.8) is 0 Å². The van der Waals surface area contributed by atoms with Gasteiger partial charge in [0, 0.05) is 38.7 Å². The fraction of sp³-hybridized carbons (Fsp3) is 0. The van der Waals surface area contributed by atoms with Gasteiger partial charge in [-0.15, -0.1) is 0 Å². The first-order valence-corrected chi connectivity index (χ1v) is 10.8. The molecule has 158 valence electrons. The molecule has 0 aliphatic heterocycles. The number of benzene rings is 6. The highest BCUT2D eigenvalue weighted by Gasteiger charge is 2.18. The molecule has 2 nitrogen and oxygen atoms in total. The Kier molecular flexibility index (Phi) is 2.20. The van der Waals surface area contributed by atoms with E-state index in [0.717, 1.165) is 21.7 Å². The van der Waals surface area contributed by atoms with Gasteiger partial charge in [0.15, 0.2) is 0 Å². The van der Waals surface area contributed by atoms with E-state index < -0.39 is 54.4 Å². The molecule has 8 rings (SSSR count). The molecule has 2 heteroatoms. The van der Waals surface area contributed by atoms with Crippen LogP contribution in [0.1, 0.15) is 12.3 Å². The molecular formula is C32H18O2. The van der Waals surface area contributed by atoms with E-state index in [2.05, 4.69) is 0 Å². The lowest BCUT2D eigenvalue weighted by Gasteiger charge is -2.12. The third kappa shape index (κ3) is 2.35. The summed E-state index contributed by atoms with van der Waals surface area (Å²) >= 11 is 0. The standard InChI is InChI=1S/C32H18O2/c1-3-10-21-19(8-1)16-20-9-2-4-11-22(20)31(21)25-14-7-13-24-27-17-26-23-12-5-6-15-28(23)33-29(26)18-30(27)34-32(24)25/h1-18H/i1D,2D,3D,4D,8D,9D,10D,11D,16D. The van der Waals surface area contributed by atoms with E-state index in [1.807, 2.05) is 36.4 Å². The fourth-order valence-electron chi connectivity index (χ4n) is 4.92. The minimum atomic E-state index is -0.533. The molecule has 0 N–H and O–H groups in total. The third-order valence-corrected chi connectivity index (χ3v) is 6.39. The number of fused-ring (bicyclic) bond motifs is 8. The van der Waals surface area contributed by atoms with E-state index in [1.165, 1.54) is 0 Å². The topological polar surface area (TPSA) is 26.3 Å². The predicted molar refractivity (Wildman–Crippen MR) is 141 cm³/mol. The van der Waals surface area contributed by atoms with Crippen LogP contribution in [-0.2, 0) is 0 Å². The van der Waals surface area contributed by atoms with E-state index in [4.69, 9.17) is 21.2 Å². The Labute approximate surface area is 207 Å². The highest BCUT2D eigenvalue weighted by molar-refractivity contribution is 6.20. The van der Waals surface area contributed by atoms with Gasteiger partial charge in [-0.3, -0.25) is 0 Å². The molecule has 6 aromatic carbocycles. The number of para-hydroxylation sites is 2. The summed E-state index contributed by atoms with van der Waals surface area (Å²) in [7, 11) is 0. The minimum Gasteiger partial charge on any atom is -0.456 e. The molecule has 0 fully saturated rings. The first-order valence-electron chi connectivity index (χ1n) is 15.3. The summed E-state index contributed by atoms with van der Waals surface area (Å²) in [5.74, 6) is 0. The maximum atomic E-state index is 8.95. The molecule has 0 aliphatic rings. The molecule has 8 aromatic rings. The molecule has 0 atom stereocenters. The van der Waals surface area contributed by atoms with Crippen LogP contribution in [0.25, 0.3) is 76.5 Å². The van der Waals surface area contributed by atoms with Gasteiger partial charge < -0.3 is 8.83 Å². The lowest BCUT2D eigenvalue weighted by Crippen LogP contribution is -1.86. The minimum absolute atomic E-state index is 0.0127. The second-order valence-electron chi connectivity index (χ2n) is 8.23. The summed E-state index contributed by atoms with van der Waals surface area (Å²) in [4.78, 5) is 0.